The van der Waals surface area contributed by atoms with Gasteiger partial charge in [-0.05, 0) is 31.4 Å². The molecular weight excluding hydrogens is 368 g/mol. The largest absolute Gasteiger partial charge is 0.289 e. The van der Waals surface area contributed by atoms with Crippen molar-refractivity contribution in [1.29, 1.82) is 0 Å². The van der Waals surface area contributed by atoms with Crippen LogP contribution in [0.1, 0.15) is 45.4 Å². The van der Waals surface area contributed by atoms with Crippen LogP contribution in [0.2, 0.25) is 0 Å². The summed E-state index contributed by atoms with van der Waals surface area (Å²) in [5.41, 5.74) is 1.59. The third kappa shape index (κ3) is 5.78. The highest BCUT2D eigenvalue weighted by Gasteiger charge is 2.39. The molecule has 0 radical (unpaired) electrons. The van der Waals surface area contributed by atoms with Crippen molar-refractivity contribution in [3.8, 4) is 11.8 Å². The van der Waals surface area contributed by atoms with Gasteiger partial charge in [0, 0.05) is 0 Å². The second-order valence-electron chi connectivity index (χ2n) is 6.51. The monoisotopic (exact) mass is 394 g/mol. The number of carbonyl (C=O) groups excluding carboxylic acids is 1. The molecule has 1 aromatic carbocycles. The maximum Gasteiger partial charge on any atom is 0.265 e. The Morgan fingerprint density at radius 1 is 1.30 bits per heavy atom. The van der Waals surface area contributed by atoms with Gasteiger partial charge < -0.3 is 0 Å². The van der Waals surface area contributed by atoms with Crippen LogP contribution < -0.4 is 5.48 Å². The minimum atomic E-state index is -4.12. The number of sulfonamides is 1. The van der Waals surface area contributed by atoms with Crippen LogP contribution in [0, 0.1) is 17.8 Å². The second-order valence-corrected chi connectivity index (χ2v) is 8.29. The summed E-state index contributed by atoms with van der Waals surface area (Å²) in [4.78, 5) is 17.8. The van der Waals surface area contributed by atoms with Gasteiger partial charge in [-0.1, -0.05) is 60.7 Å². The standard InChI is InChI=1S/C19H26N2O5S/c1-2-3-14-26-21(27(24,25)17-12-8-5-9-13-17)18(19(22)20-23)15-16-10-6-4-7-11-16/h5,8-9,12-13,16,18,23H,4,6-7,10-11,14-15H2,1H3,(H,20,22). The Morgan fingerprint density at radius 3 is 2.56 bits per heavy atom. The van der Waals surface area contributed by atoms with Crippen molar-refractivity contribution in [2.45, 2.75) is 56.4 Å². The summed E-state index contributed by atoms with van der Waals surface area (Å²) in [6.07, 6.45) is 5.35. The van der Waals surface area contributed by atoms with E-state index in [1.54, 1.807) is 30.6 Å². The third-order valence-electron chi connectivity index (χ3n) is 4.67. The predicted octanol–water partition coefficient (Wildman–Crippen LogP) is 2.48. The molecule has 1 aliphatic carbocycles. The van der Waals surface area contributed by atoms with Gasteiger partial charge >= 0.3 is 0 Å². The summed E-state index contributed by atoms with van der Waals surface area (Å²) in [5, 5.41) is 9.19. The van der Waals surface area contributed by atoms with Gasteiger partial charge in [-0.2, -0.15) is 0 Å². The molecule has 1 fully saturated rings. The van der Waals surface area contributed by atoms with E-state index in [9.17, 15) is 18.4 Å². The number of nitrogens with zero attached hydrogens (tertiary/aromatic N) is 1. The zero-order chi connectivity index (χ0) is 19.7. The van der Waals surface area contributed by atoms with Gasteiger partial charge in [0.2, 0.25) is 0 Å². The second kappa shape index (κ2) is 10.4. The van der Waals surface area contributed by atoms with Crippen LogP contribution in [0.3, 0.4) is 0 Å². The Kier molecular flexibility index (Phi) is 8.25. The highest BCUT2D eigenvalue weighted by Crippen LogP contribution is 2.30. The molecule has 2 rings (SSSR count). The summed E-state index contributed by atoms with van der Waals surface area (Å²) in [6, 6.07) is 6.59. The minimum absolute atomic E-state index is 0.00819. The van der Waals surface area contributed by atoms with Crippen LogP contribution >= 0.6 is 0 Å². The average molecular weight is 394 g/mol. The molecule has 1 atom stereocenters. The summed E-state index contributed by atoms with van der Waals surface area (Å²) in [7, 11) is -4.12. The van der Waals surface area contributed by atoms with Crippen molar-refractivity contribution in [1.82, 2.24) is 9.95 Å². The van der Waals surface area contributed by atoms with E-state index in [1.165, 1.54) is 12.1 Å². The van der Waals surface area contributed by atoms with Gasteiger partial charge in [0.15, 0.2) is 0 Å². The fraction of sp³-hybridized carbons (Fsp3) is 0.526. The van der Waals surface area contributed by atoms with Crippen molar-refractivity contribution >= 4 is 15.9 Å². The van der Waals surface area contributed by atoms with E-state index in [0.717, 1.165) is 32.1 Å². The first kappa shape index (κ1) is 21.4. The van der Waals surface area contributed by atoms with Gasteiger partial charge in [0.25, 0.3) is 15.9 Å². The van der Waals surface area contributed by atoms with Crippen molar-refractivity contribution in [3.05, 3.63) is 30.3 Å². The molecule has 7 nitrogen and oxygen atoms in total. The quantitative estimate of drug-likeness (QED) is 0.401. The molecule has 0 bridgehead atoms. The lowest BCUT2D eigenvalue weighted by Crippen LogP contribution is -2.49. The van der Waals surface area contributed by atoms with Gasteiger partial charge in [0.1, 0.15) is 12.6 Å². The summed E-state index contributed by atoms with van der Waals surface area (Å²) < 4.78 is 26.9. The highest BCUT2D eigenvalue weighted by atomic mass is 32.2. The van der Waals surface area contributed by atoms with E-state index in [-0.39, 0.29) is 23.8 Å². The van der Waals surface area contributed by atoms with Crippen LogP contribution in [0.4, 0.5) is 0 Å². The molecule has 0 spiro atoms. The Bertz CT molecular complexity index is 764. The minimum Gasteiger partial charge on any atom is -0.289 e. The summed E-state index contributed by atoms with van der Waals surface area (Å²) in [6.45, 7) is 1.43. The molecular formula is C19H26N2O5S. The maximum atomic E-state index is 13.1. The van der Waals surface area contributed by atoms with E-state index in [0.29, 0.717) is 4.47 Å². The van der Waals surface area contributed by atoms with Gasteiger partial charge in [-0.3, -0.25) is 14.8 Å². The van der Waals surface area contributed by atoms with Gasteiger partial charge in [-0.25, -0.2) is 13.9 Å². The Balaban J connectivity index is 2.36. The number of benzene rings is 1. The van der Waals surface area contributed by atoms with Crippen molar-refractivity contribution < 1.29 is 23.3 Å². The zero-order valence-corrected chi connectivity index (χ0v) is 16.2. The van der Waals surface area contributed by atoms with Gasteiger partial charge in [-0.15, -0.1) is 5.92 Å². The van der Waals surface area contributed by atoms with Crippen LogP contribution in [0.5, 0.6) is 0 Å². The SMILES string of the molecule is CC#CCON(C(CC1CCCCC1)C(=O)NO)S(=O)(=O)c1ccccc1. The molecule has 0 saturated heterocycles. The molecule has 8 heteroatoms. The molecule has 1 saturated carbocycles. The van der Waals surface area contributed by atoms with Crippen molar-refractivity contribution in [2.75, 3.05) is 6.61 Å². The zero-order valence-electron chi connectivity index (χ0n) is 15.4. The summed E-state index contributed by atoms with van der Waals surface area (Å²) >= 11 is 0. The van der Waals surface area contributed by atoms with Crippen molar-refractivity contribution in [2.24, 2.45) is 5.92 Å². The fourth-order valence-electron chi connectivity index (χ4n) is 3.29. The van der Waals surface area contributed by atoms with E-state index >= 15 is 0 Å². The van der Waals surface area contributed by atoms with Crippen LogP contribution in [0.25, 0.3) is 0 Å². The Morgan fingerprint density at radius 2 is 1.96 bits per heavy atom. The smallest absolute Gasteiger partial charge is 0.265 e. The number of amides is 1. The predicted molar refractivity (Wildman–Crippen MR) is 99.8 cm³/mol. The first-order chi connectivity index (χ1) is 13.0. The number of rotatable bonds is 8. The molecule has 1 aliphatic rings. The van der Waals surface area contributed by atoms with Crippen molar-refractivity contribution in [3.63, 3.8) is 0 Å². The normalized spacial score (nSPS) is 16.4. The maximum absolute atomic E-state index is 13.1. The first-order valence-electron chi connectivity index (χ1n) is 9.06. The molecule has 2 N–H and O–H groups in total. The molecule has 0 aromatic heterocycles. The van der Waals surface area contributed by atoms with E-state index < -0.39 is 22.0 Å². The number of hydrogen-bond acceptors (Lipinski definition) is 5. The van der Waals surface area contributed by atoms with E-state index in [1.807, 2.05) is 0 Å². The molecule has 0 aliphatic heterocycles. The third-order valence-corrected chi connectivity index (χ3v) is 6.37. The van der Waals surface area contributed by atoms with Gasteiger partial charge in [0.05, 0.1) is 4.90 Å². The number of hydroxylamine groups is 2. The number of carbonyl (C=O) groups is 1. The van der Waals surface area contributed by atoms with Crippen LogP contribution in [0.15, 0.2) is 35.2 Å². The Labute approximate surface area is 160 Å². The molecule has 0 heterocycles. The molecule has 148 valence electrons. The molecule has 1 aromatic rings. The fourth-order valence-corrected chi connectivity index (χ4v) is 4.71. The summed E-state index contributed by atoms with van der Waals surface area (Å²) in [5.74, 6) is 4.65. The first-order valence-corrected chi connectivity index (χ1v) is 10.5. The van der Waals surface area contributed by atoms with Crippen LogP contribution in [-0.4, -0.2) is 36.6 Å². The van der Waals surface area contributed by atoms with Crippen LogP contribution in [-0.2, 0) is 19.7 Å². The number of hydrogen-bond donors (Lipinski definition) is 2. The average Bonchev–Trinajstić information content (AvgIpc) is 2.70. The van der Waals surface area contributed by atoms with E-state index in [4.69, 9.17) is 4.84 Å². The lowest BCUT2D eigenvalue weighted by Gasteiger charge is -2.31. The van der Waals surface area contributed by atoms with E-state index in [2.05, 4.69) is 11.8 Å². The number of nitrogens with one attached hydrogen (secondary N) is 1. The lowest BCUT2D eigenvalue weighted by molar-refractivity contribution is -0.153. The topological polar surface area (TPSA) is 95.9 Å². The lowest BCUT2D eigenvalue weighted by atomic mass is 9.85. The molecule has 1 amide bonds. The molecule has 27 heavy (non-hydrogen) atoms. The highest BCUT2D eigenvalue weighted by molar-refractivity contribution is 7.89. The molecule has 1 unspecified atom stereocenters. The Hall–Kier alpha value is -1.92.